The quantitative estimate of drug-likeness (QED) is 0.630. The number of hydrogen-bond acceptors (Lipinski definition) is 3. The lowest BCUT2D eigenvalue weighted by atomic mass is 10.1. The first-order valence-corrected chi connectivity index (χ1v) is 10.2. The Labute approximate surface area is 175 Å². The van der Waals surface area contributed by atoms with Crippen molar-refractivity contribution in [3.63, 3.8) is 0 Å². The smallest absolute Gasteiger partial charge is 0.261 e. The summed E-state index contributed by atoms with van der Waals surface area (Å²) in [4.78, 5) is 27.1. The molecule has 2 rings (SSSR count). The maximum Gasteiger partial charge on any atom is 0.261 e. The van der Waals surface area contributed by atoms with E-state index in [0.717, 1.165) is 15.6 Å². The van der Waals surface area contributed by atoms with E-state index in [1.807, 2.05) is 57.2 Å². The van der Waals surface area contributed by atoms with Crippen molar-refractivity contribution in [2.24, 2.45) is 0 Å². The van der Waals surface area contributed by atoms with Crippen LogP contribution in [-0.2, 0) is 16.1 Å². The molecule has 0 spiro atoms. The number of nitrogens with one attached hydrogen (secondary N) is 1. The maximum atomic E-state index is 13.0. The molecule has 2 amide bonds. The fourth-order valence-electron chi connectivity index (χ4n) is 2.98. The number of likely N-dealkylation sites (N-methyl/N-ethyl adjacent to an activating group) is 1. The Morgan fingerprint density at radius 2 is 1.86 bits per heavy atom. The molecule has 28 heavy (non-hydrogen) atoms. The van der Waals surface area contributed by atoms with Gasteiger partial charge < -0.3 is 15.0 Å². The lowest BCUT2D eigenvalue weighted by Gasteiger charge is -2.30. The highest BCUT2D eigenvalue weighted by molar-refractivity contribution is 9.10. The fourth-order valence-corrected chi connectivity index (χ4v) is 3.24. The van der Waals surface area contributed by atoms with E-state index < -0.39 is 6.04 Å². The van der Waals surface area contributed by atoms with Crippen LogP contribution in [0.3, 0.4) is 0 Å². The summed E-state index contributed by atoms with van der Waals surface area (Å²) in [6.07, 6.45) is 0.529. The van der Waals surface area contributed by atoms with Gasteiger partial charge in [0, 0.05) is 17.6 Å². The Kier molecular flexibility index (Phi) is 8.51. The van der Waals surface area contributed by atoms with Crippen molar-refractivity contribution in [2.75, 3.05) is 13.2 Å². The molecule has 1 N–H and O–H groups in total. The van der Waals surface area contributed by atoms with Crippen LogP contribution in [0.2, 0.25) is 0 Å². The molecule has 1 atom stereocenters. The minimum absolute atomic E-state index is 0.122. The summed E-state index contributed by atoms with van der Waals surface area (Å²) in [6, 6.07) is 14.7. The Hall–Kier alpha value is -2.34. The van der Waals surface area contributed by atoms with Crippen LogP contribution in [0, 0.1) is 6.92 Å². The summed E-state index contributed by atoms with van der Waals surface area (Å²) >= 11 is 3.38. The minimum Gasteiger partial charge on any atom is -0.484 e. The van der Waals surface area contributed by atoms with Crippen LogP contribution in [-0.4, -0.2) is 35.9 Å². The molecule has 0 unspecified atom stereocenters. The van der Waals surface area contributed by atoms with Crippen molar-refractivity contribution in [3.05, 3.63) is 64.1 Å². The topological polar surface area (TPSA) is 58.6 Å². The van der Waals surface area contributed by atoms with Crippen molar-refractivity contribution < 1.29 is 14.3 Å². The molecular weight excluding hydrogens is 420 g/mol. The highest BCUT2D eigenvalue weighted by Crippen LogP contribution is 2.17. The zero-order valence-electron chi connectivity index (χ0n) is 16.6. The molecule has 2 aromatic rings. The number of aryl methyl sites for hydroxylation is 1. The highest BCUT2D eigenvalue weighted by atomic mass is 79.9. The van der Waals surface area contributed by atoms with E-state index in [4.69, 9.17) is 4.74 Å². The molecule has 0 aliphatic heterocycles. The van der Waals surface area contributed by atoms with Crippen LogP contribution in [0.15, 0.2) is 53.0 Å². The van der Waals surface area contributed by atoms with Gasteiger partial charge in [-0.1, -0.05) is 52.7 Å². The van der Waals surface area contributed by atoms with Crippen LogP contribution in [0.4, 0.5) is 0 Å². The number of hydrogen-bond donors (Lipinski definition) is 1. The number of halogens is 1. The number of carbonyl (C=O) groups is 2. The summed E-state index contributed by atoms with van der Waals surface area (Å²) < 4.78 is 6.60. The molecule has 0 fully saturated rings. The number of amides is 2. The standard InChI is InChI=1S/C22H27BrN2O3/c1-4-20(22(27)24-5-2)25(14-17-8-6-7-16(3)13-17)21(26)15-28-19-11-9-18(23)10-12-19/h6-13,20H,4-5,14-15H2,1-3H3,(H,24,27)/t20-/m1/s1. The van der Waals surface area contributed by atoms with Crippen molar-refractivity contribution in [2.45, 2.75) is 39.8 Å². The van der Waals surface area contributed by atoms with Gasteiger partial charge in [-0.2, -0.15) is 0 Å². The van der Waals surface area contributed by atoms with E-state index >= 15 is 0 Å². The Morgan fingerprint density at radius 3 is 2.46 bits per heavy atom. The summed E-state index contributed by atoms with van der Waals surface area (Å²) in [6.45, 7) is 6.55. The average molecular weight is 447 g/mol. The van der Waals surface area contributed by atoms with Crippen molar-refractivity contribution in [1.29, 1.82) is 0 Å². The van der Waals surface area contributed by atoms with Gasteiger partial charge in [-0.15, -0.1) is 0 Å². The van der Waals surface area contributed by atoms with Crippen LogP contribution < -0.4 is 10.1 Å². The van der Waals surface area contributed by atoms with Crippen molar-refractivity contribution in [3.8, 4) is 5.75 Å². The molecule has 0 radical (unpaired) electrons. The van der Waals surface area contributed by atoms with Gasteiger partial charge in [0.15, 0.2) is 6.61 Å². The molecule has 0 aliphatic rings. The fraction of sp³-hybridized carbons (Fsp3) is 0.364. The monoisotopic (exact) mass is 446 g/mol. The third-order valence-electron chi connectivity index (χ3n) is 4.35. The number of nitrogens with zero attached hydrogens (tertiary/aromatic N) is 1. The van der Waals surface area contributed by atoms with Crippen LogP contribution in [0.1, 0.15) is 31.4 Å². The number of carbonyl (C=O) groups excluding carboxylic acids is 2. The third-order valence-corrected chi connectivity index (χ3v) is 4.88. The van der Waals surface area contributed by atoms with E-state index in [-0.39, 0.29) is 18.4 Å². The number of benzene rings is 2. The molecule has 0 bridgehead atoms. The summed E-state index contributed by atoms with van der Waals surface area (Å²) in [5.74, 6) is 0.246. The van der Waals surface area contributed by atoms with Gasteiger partial charge in [-0.05, 0) is 50.1 Å². The molecule has 6 heteroatoms. The first-order valence-electron chi connectivity index (χ1n) is 9.45. The highest BCUT2D eigenvalue weighted by Gasteiger charge is 2.28. The molecule has 0 aliphatic carbocycles. The van der Waals surface area contributed by atoms with Crippen molar-refractivity contribution >= 4 is 27.7 Å². The molecule has 5 nitrogen and oxygen atoms in total. The molecule has 2 aromatic carbocycles. The van der Waals surface area contributed by atoms with E-state index in [1.165, 1.54) is 0 Å². The molecule has 0 aromatic heterocycles. The second-order valence-electron chi connectivity index (χ2n) is 6.57. The summed E-state index contributed by atoms with van der Waals surface area (Å²) in [5, 5.41) is 2.83. The van der Waals surface area contributed by atoms with Gasteiger partial charge >= 0.3 is 0 Å². The van der Waals surface area contributed by atoms with Crippen LogP contribution in [0.5, 0.6) is 5.75 Å². The molecule has 150 valence electrons. The van der Waals surface area contributed by atoms with Gasteiger partial charge in [0.2, 0.25) is 5.91 Å². The van der Waals surface area contributed by atoms with Gasteiger partial charge in [-0.25, -0.2) is 0 Å². The first kappa shape index (κ1) is 22.0. The second kappa shape index (κ2) is 10.9. The van der Waals surface area contributed by atoms with Crippen LogP contribution >= 0.6 is 15.9 Å². The molecule has 0 saturated carbocycles. The normalized spacial score (nSPS) is 11.6. The largest absolute Gasteiger partial charge is 0.484 e. The summed E-state index contributed by atoms with van der Waals surface area (Å²) in [7, 11) is 0. The predicted octanol–water partition coefficient (Wildman–Crippen LogP) is 4.08. The predicted molar refractivity (Wildman–Crippen MR) is 114 cm³/mol. The Morgan fingerprint density at radius 1 is 1.14 bits per heavy atom. The lowest BCUT2D eigenvalue weighted by molar-refractivity contribution is -0.142. The molecular formula is C22H27BrN2O3. The molecule has 0 heterocycles. The minimum atomic E-state index is -0.540. The van der Waals surface area contributed by atoms with Gasteiger partial charge in [0.05, 0.1) is 0 Å². The maximum absolute atomic E-state index is 13.0. The lowest BCUT2D eigenvalue weighted by Crippen LogP contribution is -2.50. The van der Waals surface area contributed by atoms with Crippen molar-refractivity contribution in [1.82, 2.24) is 10.2 Å². The number of ether oxygens (including phenoxy) is 1. The Bertz CT molecular complexity index is 793. The third kappa shape index (κ3) is 6.37. The van der Waals surface area contributed by atoms with E-state index in [1.54, 1.807) is 17.0 Å². The van der Waals surface area contributed by atoms with Crippen LogP contribution in [0.25, 0.3) is 0 Å². The molecule has 0 saturated heterocycles. The zero-order chi connectivity index (χ0) is 20.5. The van der Waals surface area contributed by atoms with Gasteiger partial charge in [0.25, 0.3) is 5.91 Å². The SMILES string of the molecule is CCNC(=O)[C@@H](CC)N(Cc1cccc(C)c1)C(=O)COc1ccc(Br)cc1. The van der Waals surface area contributed by atoms with Gasteiger partial charge in [-0.3, -0.25) is 9.59 Å². The number of rotatable bonds is 9. The Balaban J connectivity index is 2.18. The van der Waals surface area contributed by atoms with E-state index in [0.29, 0.717) is 25.3 Å². The average Bonchev–Trinajstić information content (AvgIpc) is 2.67. The van der Waals surface area contributed by atoms with E-state index in [2.05, 4.69) is 21.2 Å². The zero-order valence-corrected chi connectivity index (χ0v) is 18.2. The second-order valence-corrected chi connectivity index (χ2v) is 7.49. The van der Waals surface area contributed by atoms with Gasteiger partial charge in [0.1, 0.15) is 11.8 Å². The first-order chi connectivity index (χ1) is 13.4. The summed E-state index contributed by atoms with van der Waals surface area (Å²) in [5.41, 5.74) is 2.10. The van der Waals surface area contributed by atoms with E-state index in [9.17, 15) is 9.59 Å².